The monoisotopic (exact) mass is 427 g/mol. The summed E-state index contributed by atoms with van der Waals surface area (Å²) < 4.78 is 0. The molecule has 4 nitrogen and oxygen atoms in total. The minimum absolute atomic E-state index is 0. The van der Waals surface area contributed by atoms with E-state index in [0.29, 0.717) is 11.4 Å². The van der Waals surface area contributed by atoms with Gasteiger partial charge in [-0.2, -0.15) is 0 Å². The molecule has 0 heterocycles. The Balaban J connectivity index is 0.00000300. The Morgan fingerprint density at radius 3 is 1.28 bits per heavy atom. The summed E-state index contributed by atoms with van der Waals surface area (Å²) in [6, 6.07) is 25.9. The molecule has 0 aromatic heterocycles. The summed E-state index contributed by atoms with van der Waals surface area (Å²) in [5, 5.41) is 20.2. The molecule has 0 aliphatic rings. The van der Waals surface area contributed by atoms with Gasteiger partial charge in [0, 0.05) is 40.3 Å². The predicted molar refractivity (Wildman–Crippen MR) is 117 cm³/mol. The zero-order valence-corrected chi connectivity index (χ0v) is 16.6. The molecule has 0 aliphatic heterocycles. The molecule has 5 heteroatoms. The van der Waals surface area contributed by atoms with Crippen LogP contribution in [0.1, 0.15) is 11.1 Å². The van der Waals surface area contributed by atoms with Crippen LogP contribution in [0, 0.1) is 0 Å². The SMILES string of the molecule is OC(=CC=Nc1ccccc1N=CC=C(O)c1ccccc1)c1ccccc1.[Co]. The van der Waals surface area contributed by atoms with Crippen LogP contribution in [-0.2, 0) is 16.8 Å². The minimum atomic E-state index is 0. The fourth-order valence-corrected chi connectivity index (χ4v) is 2.47. The summed E-state index contributed by atoms with van der Waals surface area (Å²) in [5.74, 6) is 0.280. The van der Waals surface area contributed by atoms with Crippen molar-refractivity contribution in [1.82, 2.24) is 0 Å². The summed E-state index contributed by atoms with van der Waals surface area (Å²) in [5.41, 5.74) is 2.76. The van der Waals surface area contributed by atoms with Gasteiger partial charge in [0.25, 0.3) is 0 Å². The second-order valence-corrected chi connectivity index (χ2v) is 5.88. The average Bonchev–Trinajstić information content (AvgIpc) is 2.76. The topological polar surface area (TPSA) is 65.2 Å². The van der Waals surface area contributed by atoms with Gasteiger partial charge in [0.2, 0.25) is 0 Å². The molecule has 0 saturated heterocycles. The third-order valence-electron chi connectivity index (χ3n) is 3.91. The van der Waals surface area contributed by atoms with Crippen LogP contribution in [0.15, 0.2) is 107 Å². The van der Waals surface area contributed by atoms with Crippen LogP contribution < -0.4 is 0 Å². The van der Waals surface area contributed by atoms with E-state index < -0.39 is 0 Å². The van der Waals surface area contributed by atoms with E-state index >= 15 is 0 Å². The smallest absolute Gasteiger partial charge is 0.124 e. The molecular formula is C24H20CoN2O2. The van der Waals surface area contributed by atoms with E-state index in [2.05, 4.69) is 9.98 Å². The first-order valence-electron chi connectivity index (χ1n) is 8.80. The van der Waals surface area contributed by atoms with Gasteiger partial charge in [0.1, 0.15) is 11.5 Å². The first-order valence-corrected chi connectivity index (χ1v) is 8.80. The van der Waals surface area contributed by atoms with Gasteiger partial charge in [-0.25, -0.2) is 0 Å². The molecule has 3 rings (SSSR count). The van der Waals surface area contributed by atoms with E-state index in [0.717, 1.165) is 11.1 Å². The Hall–Kier alpha value is -3.41. The number of aliphatic hydroxyl groups is 2. The molecule has 3 aromatic carbocycles. The molecule has 147 valence electrons. The molecule has 0 fully saturated rings. The van der Waals surface area contributed by atoms with Crippen LogP contribution in [-0.4, -0.2) is 22.6 Å². The molecule has 0 amide bonds. The number of hydrogen-bond donors (Lipinski definition) is 2. The fourth-order valence-electron chi connectivity index (χ4n) is 2.47. The van der Waals surface area contributed by atoms with Gasteiger partial charge in [0.15, 0.2) is 0 Å². The first-order chi connectivity index (χ1) is 13.7. The number of rotatable bonds is 6. The second-order valence-electron chi connectivity index (χ2n) is 5.88. The number of aliphatic imine (C=N–C) groups is 2. The van der Waals surface area contributed by atoms with Crippen LogP contribution >= 0.6 is 0 Å². The summed E-state index contributed by atoms with van der Waals surface area (Å²) in [6.45, 7) is 0. The van der Waals surface area contributed by atoms with Crippen molar-refractivity contribution in [2.75, 3.05) is 0 Å². The van der Waals surface area contributed by atoms with Crippen molar-refractivity contribution in [2.24, 2.45) is 9.98 Å². The normalized spacial score (nSPS) is 12.3. The van der Waals surface area contributed by atoms with Gasteiger partial charge >= 0.3 is 0 Å². The van der Waals surface area contributed by atoms with Crippen LogP contribution in [0.3, 0.4) is 0 Å². The standard InChI is InChI=1S/C24H20N2O2.Co/c27-23(19-9-3-1-4-10-19)15-17-25-21-13-7-8-14-22(21)26-18-16-24(28)20-11-5-2-6-12-20;/h1-18,27-28H;. The number of nitrogens with zero attached hydrogens (tertiary/aromatic N) is 2. The maximum Gasteiger partial charge on any atom is 0.124 e. The zero-order valence-electron chi connectivity index (χ0n) is 15.5. The Labute approximate surface area is 180 Å². The quantitative estimate of drug-likeness (QED) is 0.359. The van der Waals surface area contributed by atoms with Crippen molar-refractivity contribution in [3.63, 3.8) is 0 Å². The molecule has 0 bridgehead atoms. The first kappa shape index (κ1) is 21.9. The molecule has 0 saturated carbocycles. The number of allylic oxidation sites excluding steroid dienone is 2. The Morgan fingerprint density at radius 2 is 0.897 bits per heavy atom. The summed E-state index contributed by atoms with van der Waals surface area (Å²) in [6.07, 6.45) is 6.15. The van der Waals surface area contributed by atoms with Gasteiger partial charge < -0.3 is 10.2 Å². The average molecular weight is 427 g/mol. The van der Waals surface area contributed by atoms with Crippen molar-refractivity contribution in [3.05, 3.63) is 108 Å². The molecule has 29 heavy (non-hydrogen) atoms. The molecule has 0 atom stereocenters. The van der Waals surface area contributed by atoms with Crippen LogP contribution in [0.5, 0.6) is 0 Å². The molecule has 0 unspecified atom stereocenters. The fraction of sp³-hybridized carbons (Fsp3) is 0. The summed E-state index contributed by atoms with van der Waals surface area (Å²) in [4.78, 5) is 8.74. The van der Waals surface area contributed by atoms with E-state index in [1.54, 1.807) is 0 Å². The van der Waals surface area contributed by atoms with E-state index in [1.807, 2.05) is 84.9 Å². The summed E-state index contributed by atoms with van der Waals surface area (Å²) in [7, 11) is 0. The van der Waals surface area contributed by atoms with Crippen molar-refractivity contribution >= 4 is 35.3 Å². The summed E-state index contributed by atoms with van der Waals surface area (Å²) >= 11 is 0. The molecule has 0 spiro atoms. The van der Waals surface area contributed by atoms with E-state index in [9.17, 15) is 10.2 Å². The molecule has 2 N–H and O–H groups in total. The maximum absolute atomic E-state index is 10.1. The van der Waals surface area contributed by atoms with Gasteiger partial charge in [-0.1, -0.05) is 72.8 Å². The van der Waals surface area contributed by atoms with Crippen LogP contribution in [0.4, 0.5) is 11.4 Å². The van der Waals surface area contributed by atoms with Crippen molar-refractivity contribution in [2.45, 2.75) is 0 Å². The largest absolute Gasteiger partial charge is 0.507 e. The molecule has 1 radical (unpaired) electrons. The van der Waals surface area contributed by atoms with Gasteiger partial charge in [-0.15, -0.1) is 0 Å². The third kappa shape index (κ3) is 6.60. The van der Waals surface area contributed by atoms with E-state index in [1.165, 1.54) is 24.6 Å². The number of para-hydroxylation sites is 2. The Bertz CT molecular complexity index is 943. The molecule has 0 aliphatic carbocycles. The number of benzene rings is 3. The van der Waals surface area contributed by atoms with Crippen LogP contribution in [0.25, 0.3) is 11.5 Å². The third-order valence-corrected chi connectivity index (χ3v) is 3.91. The Kier molecular flexibility index (Phi) is 8.63. The number of hydrogen-bond acceptors (Lipinski definition) is 4. The van der Waals surface area contributed by atoms with Gasteiger partial charge in [0.05, 0.1) is 11.4 Å². The van der Waals surface area contributed by atoms with Crippen molar-refractivity contribution in [3.8, 4) is 0 Å². The zero-order chi connectivity index (χ0) is 19.6. The van der Waals surface area contributed by atoms with Crippen LogP contribution in [0.2, 0.25) is 0 Å². The van der Waals surface area contributed by atoms with E-state index in [4.69, 9.17) is 0 Å². The molecular weight excluding hydrogens is 407 g/mol. The number of aliphatic hydroxyl groups excluding tert-OH is 2. The van der Waals surface area contributed by atoms with Gasteiger partial charge in [-0.05, 0) is 24.3 Å². The van der Waals surface area contributed by atoms with Gasteiger partial charge in [-0.3, -0.25) is 9.98 Å². The van der Waals surface area contributed by atoms with Crippen molar-refractivity contribution < 1.29 is 27.0 Å². The minimum Gasteiger partial charge on any atom is -0.507 e. The van der Waals surface area contributed by atoms with Crippen molar-refractivity contribution in [1.29, 1.82) is 0 Å². The molecule has 3 aromatic rings. The maximum atomic E-state index is 10.1. The Morgan fingerprint density at radius 1 is 0.552 bits per heavy atom. The second kappa shape index (κ2) is 11.4. The predicted octanol–water partition coefficient (Wildman–Crippen LogP) is 6.29. The van der Waals surface area contributed by atoms with E-state index in [-0.39, 0.29) is 28.3 Å².